The fraction of sp³-hybridized carbons (Fsp3) is 0.800. The Labute approximate surface area is 59.6 Å². The third-order valence-corrected chi connectivity index (χ3v) is 0.805. The van der Waals surface area contributed by atoms with Gasteiger partial charge in [-0.1, -0.05) is 0 Å². The molecule has 0 fully saturated rings. The third kappa shape index (κ3) is 5.49. The Morgan fingerprint density at radius 3 is 1.80 bits per heavy atom. The van der Waals surface area contributed by atoms with E-state index in [1.54, 1.807) is 0 Å². The lowest BCUT2D eigenvalue weighted by atomic mass is 10.2. The van der Waals surface area contributed by atoms with Gasteiger partial charge in [0, 0.05) is 0 Å². The zero-order valence-electron chi connectivity index (χ0n) is 6.11. The first-order valence-corrected chi connectivity index (χ1v) is 2.80. The fourth-order valence-corrected chi connectivity index (χ4v) is 0.206. The van der Waals surface area contributed by atoms with Crippen LogP contribution in [-0.2, 0) is 4.79 Å². The van der Waals surface area contributed by atoms with Gasteiger partial charge in [-0.15, -0.1) is 0 Å². The average Bonchev–Trinajstić information content (AvgIpc) is 1.90. The number of hydrogen-bond donors (Lipinski definition) is 4. The minimum Gasteiger partial charge on any atom is -0.480 e. The summed E-state index contributed by atoms with van der Waals surface area (Å²) in [5, 5.41) is 16.6. The Bertz CT molecular complexity index is 94.9. The summed E-state index contributed by atoms with van der Waals surface area (Å²) in [6.45, 7) is 1.33. The van der Waals surface area contributed by atoms with Crippen LogP contribution in [0.15, 0.2) is 0 Å². The highest BCUT2D eigenvalue weighted by Gasteiger charge is 2.16. The van der Waals surface area contributed by atoms with Crippen molar-refractivity contribution >= 4 is 5.97 Å². The molecule has 0 bridgehead atoms. The average molecular weight is 150 g/mol. The summed E-state index contributed by atoms with van der Waals surface area (Å²) in [6.07, 6.45) is -0.979. The van der Waals surface area contributed by atoms with E-state index in [0.29, 0.717) is 0 Å². The molecular formula is C5H14N2O3. The highest BCUT2D eigenvalue weighted by atomic mass is 16.4. The molecule has 0 aliphatic rings. The molecule has 0 spiro atoms. The van der Waals surface area contributed by atoms with Gasteiger partial charge >= 0.3 is 5.97 Å². The maximum atomic E-state index is 9.86. The van der Waals surface area contributed by atoms with Crippen LogP contribution in [0.4, 0.5) is 0 Å². The summed E-state index contributed by atoms with van der Waals surface area (Å²) in [5.41, 5.74) is 9.41. The van der Waals surface area contributed by atoms with E-state index < -0.39 is 18.1 Å². The maximum absolute atomic E-state index is 9.86. The molecule has 0 aromatic carbocycles. The quantitative estimate of drug-likeness (QED) is 0.377. The van der Waals surface area contributed by atoms with Gasteiger partial charge in [-0.2, -0.15) is 0 Å². The summed E-state index contributed by atoms with van der Waals surface area (Å²) in [5.74, 6) is -1.18. The largest absolute Gasteiger partial charge is 0.480 e. The van der Waals surface area contributed by atoms with E-state index >= 15 is 0 Å². The van der Waals surface area contributed by atoms with Gasteiger partial charge < -0.3 is 21.7 Å². The summed E-state index contributed by atoms with van der Waals surface area (Å²) in [6, 6.07) is -1.16. The minimum absolute atomic E-state index is 0.979. The molecular weight excluding hydrogens is 136 g/mol. The molecule has 5 nitrogen and oxygen atoms in total. The maximum Gasteiger partial charge on any atom is 0.323 e. The number of nitrogens with two attached hydrogens (primary N) is 2. The Morgan fingerprint density at radius 2 is 1.80 bits per heavy atom. The molecule has 6 N–H and O–H groups in total. The molecule has 0 saturated heterocycles. The zero-order valence-corrected chi connectivity index (χ0v) is 6.11. The normalized spacial score (nSPS) is 14.5. The molecule has 5 heteroatoms. The van der Waals surface area contributed by atoms with Crippen LogP contribution in [0.1, 0.15) is 6.92 Å². The highest BCUT2D eigenvalue weighted by Crippen LogP contribution is 1.85. The van der Waals surface area contributed by atoms with Crippen LogP contribution < -0.4 is 11.5 Å². The Kier molecular flexibility index (Phi) is 7.81. The van der Waals surface area contributed by atoms with Gasteiger partial charge in [0.2, 0.25) is 0 Å². The van der Waals surface area contributed by atoms with Gasteiger partial charge in [-0.25, -0.2) is 0 Å². The van der Waals surface area contributed by atoms with Crippen LogP contribution >= 0.6 is 0 Å². The standard InChI is InChI=1S/C4H9NO3.CH5N/c1-2(6)3(5)4(7)8;1-2/h2-3,6H,5H2,1H3,(H,7,8);2H2,1H3/t2-,3+;/m1./s1. The van der Waals surface area contributed by atoms with Crippen LogP contribution in [-0.4, -0.2) is 35.4 Å². The van der Waals surface area contributed by atoms with Crippen molar-refractivity contribution in [3.8, 4) is 0 Å². The smallest absolute Gasteiger partial charge is 0.323 e. The second kappa shape index (κ2) is 6.47. The molecule has 62 valence electrons. The van der Waals surface area contributed by atoms with Gasteiger partial charge in [0.15, 0.2) is 0 Å². The van der Waals surface area contributed by atoms with E-state index in [4.69, 9.17) is 15.9 Å². The molecule has 0 aliphatic carbocycles. The predicted octanol–water partition coefficient (Wildman–Crippen LogP) is -1.65. The fourth-order valence-electron chi connectivity index (χ4n) is 0.206. The van der Waals surface area contributed by atoms with Crippen molar-refractivity contribution in [2.75, 3.05) is 7.05 Å². The molecule has 0 heterocycles. The molecule has 0 aromatic rings. The molecule has 0 unspecified atom stereocenters. The molecule has 0 aliphatic heterocycles. The first-order valence-electron chi connectivity index (χ1n) is 2.80. The molecule has 0 aromatic heterocycles. The summed E-state index contributed by atoms with van der Waals surface area (Å²) in [7, 11) is 1.50. The van der Waals surface area contributed by atoms with Crippen molar-refractivity contribution in [2.24, 2.45) is 11.5 Å². The van der Waals surface area contributed by atoms with Gasteiger partial charge in [-0.05, 0) is 14.0 Å². The lowest BCUT2D eigenvalue weighted by Gasteiger charge is -2.06. The highest BCUT2D eigenvalue weighted by molar-refractivity contribution is 5.73. The van der Waals surface area contributed by atoms with Crippen molar-refractivity contribution in [1.82, 2.24) is 0 Å². The van der Waals surface area contributed by atoms with Crippen LogP contribution in [0.5, 0.6) is 0 Å². The predicted molar refractivity (Wildman–Crippen MR) is 37.4 cm³/mol. The van der Waals surface area contributed by atoms with Crippen molar-refractivity contribution in [2.45, 2.75) is 19.1 Å². The molecule has 0 rings (SSSR count). The third-order valence-electron chi connectivity index (χ3n) is 0.805. The van der Waals surface area contributed by atoms with Crippen molar-refractivity contribution < 1.29 is 15.0 Å². The van der Waals surface area contributed by atoms with Crippen LogP contribution in [0.25, 0.3) is 0 Å². The lowest BCUT2D eigenvalue weighted by molar-refractivity contribution is -0.140. The second-order valence-electron chi connectivity index (χ2n) is 1.60. The topological polar surface area (TPSA) is 110 Å². The number of hydrogen-bond acceptors (Lipinski definition) is 4. The second-order valence-corrected chi connectivity index (χ2v) is 1.60. The number of rotatable bonds is 2. The molecule has 0 saturated carbocycles. The van der Waals surface area contributed by atoms with Crippen molar-refractivity contribution in [1.29, 1.82) is 0 Å². The van der Waals surface area contributed by atoms with Crippen molar-refractivity contribution in [3.05, 3.63) is 0 Å². The monoisotopic (exact) mass is 150 g/mol. The Hall–Kier alpha value is -0.650. The molecule has 0 amide bonds. The van der Waals surface area contributed by atoms with Crippen LogP contribution in [0.3, 0.4) is 0 Å². The number of carboxylic acid groups (broad SMARTS) is 1. The van der Waals surface area contributed by atoms with Crippen LogP contribution in [0.2, 0.25) is 0 Å². The summed E-state index contributed by atoms with van der Waals surface area (Å²) >= 11 is 0. The van der Waals surface area contributed by atoms with E-state index in [2.05, 4.69) is 5.73 Å². The first-order chi connectivity index (χ1) is 4.55. The van der Waals surface area contributed by atoms with Crippen molar-refractivity contribution in [3.63, 3.8) is 0 Å². The number of aliphatic hydroxyl groups is 1. The first kappa shape index (κ1) is 12.1. The zero-order chi connectivity index (χ0) is 8.73. The van der Waals surface area contributed by atoms with E-state index in [1.807, 2.05) is 0 Å². The van der Waals surface area contributed by atoms with E-state index in [-0.39, 0.29) is 0 Å². The van der Waals surface area contributed by atoms with Crippen LogP contribution in [0, 0.1) is 0 Å². The minimum atomic E-state index is -1.18. The molecule has 10 heavy (non-hydrogen) atoms. The number of aliphatic hydroxyl groups excluding tert-OH is 1. The molecule has 2 atom stereocenters. The summed E-state index contributed by atoms with van der Waals surface area (Å²) < 4.78 is 0. The van der Waals surface area contributed by atoms with E-state index in [9.17, 15) is 4.79 Å². The van der Waals surface area contributed by atoms with E-state index in [1.165, 1.54) is 14.0 Å². The van der Waals surface area contributed by atoms with Gasteiger partial charge in [0.1, 0.15) is 6.04 Å². The van der Waals surface area contributed by atoms with Gasteiger partial charge in [0.25, 0.3) is 0 Å². The molecule has 0 radical (unpaired) electrons. The Balaban J connectivity index is 0. The van der Waals surface area contributed by atoms with E-state index in [0.717, 1.165) is 0 Å². The van der Waals surface area contributed by atoms with Gasteiger partial charge in [-0.3, -0.25) is 4.79 Å². The number of carboxylic acids is 1. The SMILES string of the molecule is CN.C[C@@H](O)[C@H](N)C(=O)O. The number of carbonyl (C=O) groups is 1. The van der Waals surface area contributed by atoms with Gasteiger partial charge in [0.05, 0.1) is 6.10 Å². The lowest BCUT2D eigenvalue weighted by Crippen LogP contribution is -2.39. The Morgan fingerprint density at radius 1 is 1.50 bits per heavy atom. The summed E-state index contributed by atoms with van der Waals surface area (Å²) in [4.78, 5) is 9.86. The number of aliphatic carboxylic acids is 1.